The normalized spacial score (nSPS) is 25.0. The standard InChI is InChI=1S/C30H39N7O2S.C2H2/c1-3-6-21(28(38)20-8-4-9-23-26(20)22(13-31)29(33)40-23)27(32)30-34-24(37-14-17-11-18(17)15-37)12-25(35-30)39-16-19-7-5-10-36(19)2;1-2/h12,17-20H,3-11,14-16,32-33H2,1-2H3;1-2H/b27-21-;/t17?,18?,19-,20-;/m0./s1. The molecular formula is C32H41N7O2S. The van der Waals surface area contributed by atoms with Crippen molar-refractivity contribution in [1.82, 2.24) is 14.9 Å². The number of likely N-dealkylation sites (N-methyl/N-ethyl adjacent to an activating group) is 1. The highest BCUT2D eigenvalue weighted by Gasteiger charge is 2.45. The van der Waals surface area contributed by atoms with E-state index in [1.165, 1.54) is 24.2 Å². The van der Waals surface area contributed by atoms with Gasteiger partial charge in [-0.1, -0.05) is 13.3 Å². The Morgan fingerprint density at radius 2 is 2.00 bits per heavy atom. The number of hydrogen-bond donors (Lipinski definition) is 2. The van der Waals surface area contributed by atoms with Crippen LogP contribution in [0.1, 0.15) is 79.6 Å². The molecule has 4 heterocycles. The summed E-state index contributed by atoms with van der Waals surface area (Å²) in [5.41, 5.74) is 15.1. The molecule has 1 saturated carbocycles. The molecule has 3 fully saturated rings. The molecule has 2 saturated heterocycles. The Bertz CT molecular complexity index is 1410. The second-order valence-corrected chi connectivity index (χ2v) is 13.0. The molecule has 0 bridgehead atoms. The largest absolute Gasteiger partial charge is 0.476 e. The predicted octanol–water partition coefficient (Wildman–Crippen LogP) is 4.33. The number of nitriles is 1. The number of anilines is 2. The summed E-state index contributed by atoms with van der Waals surface area (Å²) in [7, 11) is 2.13. The Morgan fingerprint density at radius 3 is 2.67 bits per heavy atom. The maximum atomic E-state index is 14.2. The second-order valence-electron chi connectivity index (χ2n) is 11.9. The van der Waals surface area contributed by atoms with Gasteiger partial charge in [-0.25, -0.2) is 4.98 Å². The number of ketones is 1. The Hall–Kier alpha value is -3.60. The number of allylic oxidation sites excluding steroid dienone is 1. The van der Waals surface area contributed by atoms with E-state index in [0.29, 0.717) is 59.0 Å². The van der Waals surface area contributed by atoms with Crippen molar-refractivity contribution in [2.24, 2.45) is 17.6 Å². The Balaban J connectivity index is 0.00000173. The quantitative estimate of drug-likeness (QED) is 0.325. The molecule has 2 aromatic heterocycles. The number of rotatable bonds is 9. The zero-order chi connectivity index (χ0) is 30.0. The molecule has 2 aromatic rings. The van der Waals surface area contributed by atoms with Crippen LogP contribution < -0.4 is 21.1 Å². The van der Waals surface area contributed by atoms with Crippen molar-refractivity contribution < 1.29 is 9.53 Å². The van der Waals surface area contributed by atoms with E-state index in [2.05, 4.69) is 35.8 Å². The molecule has 0 aromatic carbocycles. The topological polar surface area (TPSA) is 134 Å². The lowest BCUT2D eigenvalue weighted by atomic mass is 9.79. The highest BCUT2D eigenvalue weighted by molar-refractivity contribution is 7.16. The number of Topliss-reactive ketones (excluding diaryl/α,β-unsaturated/α-hetero) is 1. The maximum absolute atomic E-state index is 14.2. The zero-order valence-electron chi connectivity index (χ0n) is 24.6. The van der Waals surface area contributed by atoms with Crippen LogP contribution in [-0.4, -0.2) is 60.0 Å². The fraction of sp³-hybridized carbons (Fsp3) is 0.562. The minimum atomic E-state index is -0.422. The van der Waals surface area contributed by atoms with Gasteiger partial charge in [-0.2, -0.15) is 10.2 Å². The SMILES string of the molecule is C#C.CCC/C(C(=O)[C@H]1CCCc2sc(N)c(C#N)c21)=C(/N)c1nc(OC[C@@H]2CCCN2C)cc(N2CC3CC3C2)n1. The molecule has 4 N–H and O–H groups in total. The lowest BCUT2D eigenvalue weighted by Gasteiger charge is -2.24. The minimum absolute atomic E-state index is 0.0407. The van der Waals surface area contributed by atoms with Gasteiger partial charge >= 0.3 is 0 Å². The van der Waals surface area contributed by atoms with Crippen LogP contribution in [-0.2, 0) is 11.2 Å². The molecule has 2 aliphatic carbocycles. The first-order valence-corrected chi connectivity index (χ1v) is 15.8. The number of aromatic nitrogens is 2. The molecule has 10 heteroatoms. The van der Waals surface area contributed by atoms with Gasteiger partial charge in [-0.15, -0.1) is 24.2 Å². The first-order valence-electron chi connectivity index (χ1n) is 15.0. The summed E-state index contributed by atoms with van der Waals surface area (Å²) in [5, 5.41) is 10.3. The summed E-state index contributed by atoms with van der Waals surface area (Å²) < 4.78 is 6.25. The van der Waals surface area contributed by atoms with Crippen molar-refractivity contribution in [3.8, 4) is 24.8 Å². The van der Waals surface area contributed by atoms with E-state index in [9.17, 15) is 10.1 Å². The third-order valence-electron chi connectivity index (χ3n) is 9.17. The van der Waals surface area contributed by atoms with Crippen molar-refractivity contribution >= 4 is 33.6 Å². The summed E-state index contributed by atoms with van der Waals surface area (Å²) in [6.45, 7) is 5.64. The molecule has 0 spiro atoms. The van der Waals surface area contributed by atoms with Crippen LogP contribution in [0.4, 0.5) is 10.8 Å². The van der Waals surface area contributed by atoms with E-state index < -0.39 is 5.92 Å². The van der Waals surface area contributed by atoms with Crippen LogP contribution >= 0.6 is 11.3 Å². The van der Waals surface area contributed by atoms with Gasteiger partial charge in [-0.05, 0) is 75.9 Å². The van der Waals surface area contributed by atoms with Crippen LogP contribution in [0.15, 0.2) is 11.6 Å². The Morgan fingerprint density at radius 1 is 1.24 bits per heavy atom. The van der Waals surface area contributed by atoms with Crippen molar-refractivity contribution in [3.63, 3.8) is 0 Å². The summed E-state index contributed by atoms with van der Waals surface area (Å²) in [4.78, 5) is 29.5. The molecule has 2 aliphatic heterocycles. The van der Waals surface area contributed by atoms with Gasteiger partial charge in [0.15, 0.2) is 11.6 Å². The van der Waals surface area contributed by atoms with Crippen LogP contribution in [0, 0.1) is 36.0 Å². The Labute approximate surface area is 252 Å². The summed E-state index contributed by atoms with van der Waals surface area (Å²) in [6.07, 6.45) is 15.2. The average Bonchev–Trinajstić information content (AvgIpc) is 3.28. The first-order chi connectivity index (χ1) is 20.4. The van der Waals surface area contributed by atoms with Crippen LogP contribution in [0.5, 0.6) is 5.88 Å². The van der Waals surface area contributed by atoms with Gasteiger partial charge in [0.25, 0.3) is 0 Å². The average molecular weight is 588 g/mol. The van der Waals surface area contributed by atoms with E-state index in [4.69, 9.17) is 26.2 Å². The van der Waals surface area contributed by atoms with Crippen molar-refractivity contribution in [3.05, 3.63) is 33.5 Å². The van der Waals surface area contributed by atoms with Gasteiger partial charge in [0.2, 0.25) is 5.88 Å². The predicted molar refractivity (Wildman–Crippen MR) is 167 cm³/mol. The van der Waals surface area contributed by atoms with Crippen LogP contribution in [0.25, 0.3) is 5.70 Å². The van der Waals surface area contributed by atoms with Gasteiger partial charge in [0.05, 0.1) is 11.3 Å². The molecule has 42 heavy (non-hydrogen) atoms. The molecule has 4 aliphatic rings. The highest BCUT2D eigenvalue weighted by Crippen LogP contribution is 2.47. The molecule has 6 rings (SSSR count). The van der Waals surface area contributed by atoms with Gasteiger partial charge in [0, 0.05) is 41.6 Å². The number of likely N-dealkylation sites (tertiary alicyclic amines) is 1. The molecule has 222 valence electrons. The van der Waals surface area contributed by atoms with Crippen molar-refractivity contribution in [2.45, 2.75) is 70.3 Å². The number of terminal acetylenes is 1. The number of carbonyl (C=O) groups excluding carboxylic acids is 1. The fourth-order valence-corrected chi connectivity index (χ4v) is 7.89. The molecule has 9 nitrogen and oxygen atoms in total. The van der Waals surface area contributed by atoms with Gasteiger partial charge < -0.3 is 26.0 Å². The number of nitrogen functional groups attached to an aromatic ring is 1. The van der Waals surface area contributed by atoms with E-state index in [-0.39, 0.29) is 5.78 Å². The van der Waals surface area contributed by atoms with Crippen LogP contribution in [0.2, 0.25) is 0 Å². The molecule has 4 atom stereocenters. The molecule has 0 radical (unpaired) electrons. The summed E-state index contributed by atoms with van der Waals surface area (Å²) in [5.74, 6) is 2.70. The van der Waals surface area contributed by atoms with E-state index in [0.717, 1.165) is 73.4 Å². The third-order valence-corrected chi connectivity index (χ3v) is 10.3. The molecule has 2 unspecified atom stereocenters. The van der Waals surface area contributed by atoms with E-state index in [1.807, 2.05) is 13.0 Å². The van der Waals surface area contributed by atoms with Crippen molar-refractivity contribution in [1.29, 1.82) is 5.26 Å². The second kappa shape index (κ2) is 12.7. The number of ether oxygens (including phenoxy) is 1. The number of nitrogens with zero attached hydrogens (tertiary/aromatic N) is 5. The number of aryl methyl sites for hydroxylation is 1. The highest BCUT2D eigenvalue weighted by atomic mass is 32.1. The smallest absolute Gasteiger partial charge is 0.219 e. The number of nitrogens with two attached hydrogens (primary N) is 2. The lowest BCUT2D eigenvalue weighted by Crippen LogP contribution is -2.31. The molecular weight excluding hydrogens is 546 g/mol. The van der Waals surface area contributed by atoms with Crippen molar-refractivity contribution in [2.75, 3.05) is 43.9 Å². The maximum Gasteiger partial charge on any atom is 0.219 e. The number of carbonyl (C=O) groups is 1. The number of fused-ring (bicyclic) bond motifs is 2. The van der Waals surface area contributed by atoms with Gasteiger partial charge in [0.1, 0.15) is 23.5 Å². The molecule has 0 amide bonds. The fourth-order valence-electron chi connectivity index (χ4n) is 6.77. The summed E-state index contributed by atoms with van der Waals surface area (Å²) >= 11 is 1.44. The number of thiophene rings is 1. The van der Waals surface area contributed by atoms with E-state index >= 15 is 0 Å². The van der Waals surface area contributed by atoms with E-state index in [1.54, 1.807) is 0 Å². The number of hydrogen-bond acceptors (Lipinski definition) is 10. The zero-order valence-corrected chi connectivity index (χ0v) is 25.5. The summed E-state index contributed by atoms with van der Waals surface area (Å²) in [6, 6.07) is 4.54. The monoisotopic (exact) mass is 587 g/mol. The lowest BCUT2D eigenvalue weighted by molar-refractivity contribution is -0.117. The third kappa shape index (κ3) is 5.84. The number of piperidine rings is 1. The van der Waals surface area contributed by atoms with Gasteiger partial charge in [-0.3, -0.25) is 4.79 Å². The van der Waals surface area contributed by atoms with Crippen LogP contribution in [0.3, 0.4) is 0 Å². The Kier molecular flexibility index (Phi) is 9.05. The first kappa shape index (κ1) is 29.9. The minimum Gasteiger partial charge on any atom is -0.476 e.